The Hall–Kier alpha value is -2.86. The molecule has 0 bridgehead atoms. The normalized spacial score (nSPS) is 13.8. The van der Waals surface area contributed by atoms with Crippen LogP contribution in [0.5, 0.6) is 0 Å². The Bertz CT molecular complexity index is 1230. The van der Waals surface area contributed by atoms with E-state index in [1.165, 1.54) is 10.2 Å². The predicted molar refractivity (Wildman–Crippen MR) is 114 cm³/mol. The molecule has 0 aliphatic heterocycles. The van der Waals surface area contributed by atoms with Crippen LogP contribution in [-0.4, -0.2) is 14.9 Å². The lowest BCUT2D eigenvalue weighted by molar-refractivity contribution is 0.365. The maximum Gasteiger partial charge on any atom is 0.275 e. The summed E-state index contributed by atoms with van der Waals surface area (Å²) in [5.41, 5.74) is 3.01. The highest BCUT2D eigenvalue weighted by Gasteiger charge is 2.28. The molecule has 2 aromatic carbocycles. The number of hydrogen-bond acceptors (Lipinski definition) is 5. The van der Waals surface area contributed by atoms with Crippen LogP contribution in [0.3, 0.4) is 0 Å². The van der Waals surface area contributed by atoms with Crippen molar-refractivity contribution >= 4 is 22.5 Å². The molecule has 5 nitrogen and oxygen atoms in total. The average molecular weight is 404 g/mol. The Kier molecular flexibility index (Phi) is 4.72. The molecule has 0 radical (unpaired) electrons. The lowest BCUT2D eigenvalue weighted by Crippen LogP contribution is -2.25. The van der Waals surface area contributed by atoms with Crippen molar-refractivity contribution in [1.82, 2.24) is 14.9 Å². The number of fused-ring (bicyclic) bond motifs is 1. The maximum absolute atomic E-state index is 13.2. The highest BCUT2D eigenvalue weighted by molar-refractivity contribution is 7.98. The number of aryl methyl sites for hydroxylation is 1. The fourth-order valence-corrected chi connectivity index (χ4v) is 4.42. The van der Waals surface area contributed by atoms with Crippen molar-refractivity contribution in [3.05, 3.63) is 87.7 Å². The Labute approximate surface area is 172 Å². The molecule has 4 aromatic rings. The quantitative estimate of drug-likeness (QED) is 0.428. The first-order chi connectivity index (χ1) is 14.2. The molecular formula is C23H21N3O2S. The van der Waals surface area contributed by atoms with Gasteiger partial charge in [0.1, 0.15) is 6.54 Å². The molecule has 0 spiro atoms. The Morgan fingerprint density at radius 3 is 2.66 bits per heavy atom. The Balaban J connectivity index is 1.52. The SMILES string of the molecule is Cc1cc(Cn2nc(C3CC3)c3ccc(SCc4ccccc4)cc3c2=O)on1. The molecule has 1 saturated carbocycles. The Morgan fingerprint density at radius 2 is 1.93 bits per heavy atom. The first kappa shape index (κ1) is 18.2. The molecule has 6 heteroatoms. The van der Waals surface area contributed by atoms with E-state index in [9.17, 15) is 4.79 Å². The number of hydrogen-bond donors (Lipinski definition) is 0. The van der Waals surface area contributed by atoms with E-state index >= 15 is 0 Å². The molecule has 2 heterocycles. The number of benzene rings is 2. The van der Waals surface area contributed by atoms with Gasteiger partial charge in [-0.25, -0.2) is 4.68 Å². The fourth-order valence-electron chi connectivity index (χ4n) is 3.53. The molecule has 0 unspecified atom stereocenters. The first-order valence-corrected chi connectivity index (χ1v) is 10.8. The van der Waals surface area contributed by atoms with Gasteiger partial charge in [0.25, 0.3) is 5.56 Å². The summed E-state index contributed by atoms with van der Waals surface area (Å²) in [6, 6.07) is 18.4. The van der Waals surface area contributed by atoms with Gasteiger partial charge < -0.3 is 4.52 Å². The summed E-state index contributed by atoms with van der Waals surface area (Å²) in [5.74, 6) is 1.97. The van der Waals surface area contributed by atoms with Crippen molar-refractivity contribution in [2.24, 2.45) is 0 Å². The van der Waals surface area contributed by atoms with Crippen LogP contribution in [0, 0.1) is 6.92 Å². The summed E-state index contributed by atoms with van der Waals surface area (Å²) in [7, 11) is 0. The van der Waals surface area contributed by atoms with Crippen molar-refractivity contribution < 1.29 is 4.52 Å². The van der Waals surface area contributed by atoms with Crippen molar-refractivity contribution in [1.29, 1.82) is 0 Å². The molecule has 1 aliphatic rings. The minimum Gasteiger partial charge on any atom is -0.359 e. The number of nitrogens with zero attached hydrogens (tertiary/aromatic N) is 3. The topological polar surface area (TPSA) is 60.9 Å². The zero-order valence-corrected chi connectivity index (χ0v) is 17.0. The molecule has 5 rings (SSSR count). The van der Waals surface area contributed by atoms with Crippen LogP contribution in [0.2, 0.25) is 0 Å². The van der Waals surface area contributed by atoms with Crippen LogP contribution in [0.1, 0.15) is 41.5 Å². The van der Waals surface area contributed by atoms with Crippen LogP contribution in [0.25, 0.3) is 10.8 Å². The van der Waals surface area contributed by atoms with E-state index in [2.05, 4.69) is 29.4 Å². The predicted octanol–water partition coefficient (Wildman–Crippen LogP) is 4.91. The first-order valence-electron chi connectivity index (χ1n) is 9.81. The molecule has 0 N–H and O–H groups in total. The summed E-state index contributed by atoms with van der Waals surface area (Å²) in [6.45, 7) is 2.17. The van der Waals surface area contributed by atoms with Crippen LogP contribution < -0.4 is 5.56 Å². The largest absolute Gasteiger partial charge is 0.359 e. The van der Waals surface area contributed by atoms with Gasteiger partial charge in [0.15, 0.2) is 5.76 Å². The number of aromatic nitrogens is 3. The second-order valence-electron chi connectivity index (χ2n) is 7.54. The number of rotatable bonds is 6. The van der Waals surface area contributed by atoms with Gasteiger partial charge in [-0.05, 0) is 37.5 Å². The Morgan fingerprint density at radius 1 is 1.10 bits per heavy atom. The molecule has 146 valence electrons. The van der Waals surface area contributed by atoms with Crippen molar-refractivity contribution in [2.45, 2.75) is 42.9 Å². The molecule has 1 aliphatic carbocycles. The molecule has 1 fully saturated rings. The lowest BCUT2D eigenvalue weighted by atomic mass is 10.1. The summed E-state index contributed by atoms with van der Waals surface area (Å²) in [4.78, 5) is 14.3. The molecule has 2 aromatic heterocycles. The minimum atomic E-state index is -0.0828. The molecule has 0 atom stereocenters. The van der Waals surface area contributed by atoms with E-state index in [0.717, 1.165) is 45.7 Å². The van der Waals surface area contributed by atoms with E-state index in [-0.39, 0.29) is 5.56 Å². The molecular weight excluding hydrogens is 382 g/mol. The van der Waals surface area contributed by atoms with Crippen LogP contribution in [0.4, 0.5) is 0 Å². The monoisotopic (exact) mass is 403 g/mol. The lowest BCUT2D eigenvalue weighted by Gasteiger charge is -2.11. The van der Waals surface area contributed by atoms with Crippen molar-refractivity contribution in [2.75, 3.05) is 0 Å². The summed E-state index contributed by atoms with van der Waals surface area (Å²) >= 11 is 1.74. The molecule has 29 heavy (non-hydrogen) atoms. The maximum atomic E-state index is 13.2. The summed E-state index contributed by atoms with van der Waals surface area (Å²) in [5, 5.41) is 10.3. The molecule has 0 saturated heterocycles. The van der Waals surface area contributed by atoms with Crippen LogP contribution >= 0.6 is 11.8 Å². The second kappa shape index (κ2) is 7.52. The van der Waals surface area contributed by atoms with Crippen LogP contribution in [-0.2, 0) is 12.3 Å². The summed E-state index contributed by atoms with van der Waals surface area (Å²) < 4.78 is 6.84. The fraction of sp³-hybridized carbons (Fsp3) is 0.261. The highest BCUT2D eigenvalue weighted by Crippen LogP contribution is 2.41. The van der Waals surface area contributed by atoms with E-state index in [1.807, 2.05) is 37.3 Å². The second-order valence-corrected chi connectivity index (χ2v) is 8.59. The minimum absolute atomic E-state index is 0.0828. The van der Waals surface area contributed by atoms with Gasteiger partial charge in [-0.15, -0.1) is 11.8 Å². The van der Waals surface area contributed by atoms with E-state index in [0.29, 0.717) is 18.2 Å². The average Bonchev–Trinajstić information content (AvgIpc) is 3.51. The van der Waals surface area contributed by atoms with Crippen LogP contribution in [0.15, 0.2) is 68.8 Å². The molecule has 0 amide bonds. The third-order valence-electron chi connectivity index (χ3n) is 5.16. The third-order valence-corrected chi connectivity index (χ3v) is 6.22. The highest BCUT2D eigenvalue weighted by atomic mass is 32.2. The van der Waals surface area contributed by atoms with Gasteiger partial charge in [0, 0.05) is 28.0 Å². The van der Waals surface area contributed by atoms with Crippen molar-refractivity contribution in [3.8, 4) is 0 Å². The summed E-state index contributed by atoms with van der Waals surface area (Å²) in [6.07, 6.45) is 2.26. The van der Waals surface area contributed by atoms with Gasteiger partial charge in [0.05, 0.1) is 16.8 Å². The van der Waals surface area contributed by atoms with E-state index in [4.69, 9.17) is 9.62 Å². The van der Waals surface area contributed by atoms with E-state index < -0.39 is 0 Å². The van der Waals surface area contributed by atoms with Gasteiger partial charge in [-0.2, -0.15) is 5.10 Å². The zero-order chi connectivity index (χ0) is 19.8. The third kappa shape index (κ3) is 3.85. The van der Waals surface area contributed by atoms with Gasteiger partial charge in [-0.1, -0.05) is 41.6 Å². The van der Waals surface area contributed by atoms with Crippen molar-refractivity contribution in [3.63, 3.8) is 0 Å². The van der Waals surface area contributed by atoms with Gasteiger partial charge in [-0.3, -0.25) is 4.79 Å². The zero-order valence-electron chi connectivity index (χ0n) is 16.2. The van der Waals surface area contributed by atoms with E-state index in [1.54, 1.807) is 11.8 Å². The van der Waals surface area contributed by atoms with Gasteiger partial charge >= 0.3 is 0 Å². The standard InChI is InChI=1S/C23H21N3O2S/c1-15-11-18(28-25-15)13-26-23(27)21-12-19(29-14-16-5-3-2-4-6-16)9-10-20(21)22(24-26)17-7-8-17/h2-6,9-12,17H,7-8,13-14H2,1H3. The van der Waals surface area contributed by atoms with Gasteiger partial charge in [0.2, 0.25) is 0 Å². The number of thioether (sulfide) groups is 1. The smallest absolute Gasteiger partial charge is 0.275 e.